The maximum absolute atomic E-state index is 5.37. The lowest BCUT2D eigenvalue weighted by atomic mass is 9.95. The number of rotatable bonds is 4. The summed E-state index contributed by atoms with van der Waals surface area (Å²) in [6.45, 7) is 0. The highest BCUT2D eigenvalue weighted by Gasteiger charge is 2.22. The molecule has 0 amide bonds. The van der Waals surface area contributed by atoms with Gasteiger partial charge >= 0.3 is 0 Å². The zero-order valence-electron chi connectivity index (χ0n) is 29.5. The molecule has 5 heteroatoms. The van der Waals surface area contributed by atoms with Gasteiger partial charge in [0.15, 0.2) is 0 Å². The van der Waals surface area contributed by atoms with E-state index in [2.05, 4.69) is 190 Å². The maximum Gasteiger partial charge on any atom is 0.235 e. The summed E-state index contributed by atoms with van der Waals surface area (Å²) in [6.07, 6.45) is 0. The second-order valence-electron chi connectivity index (χ2n) is 14.2. The summed E-state index contributed by atoms with van der Waals surface area (Å²) in [5.74, 6) is 0.674. The number of thiophene rings is 1. The molecule has 0 fully saturated rings. The minimum Gasteiger partial charge on any atom is -0.309 e. The molecule has 0 saturated heterocycles. The van der Waals surface area contributed by atoms with Crippen LogP contribution < -0.4 is 0 Å². The Hall–Kier alpha value is -7.08. The molecule has 0 aliphatic rings. The van der Waals surface area contributed by atoms with Gasteiger partial charge in [-0.3, -0.25) is 4.57 Å². The maximum atomic E-state index is 5.37. The van der Waals surface area contributed by atoms with Crippen molar-refractivity contribution in [1.82, 2.24) is 19.1 Å². The van der Waals surface area contributed by atoms with Gasteiger partial charge in [-0.25, -0.2) is 9.97 Å². The molecule has 4 aromatic heterocycles. The van der Waals surface area contributed by atoms with E-state index in [4.69, 9.17) is 9.97 Å². The van der Waals surface area contributed by atoms with E-state index in [1.807, 2.05) is 0 Å². The lowest BCUT2D eigenvalue weighted by Gasteiger charge is -2.11. The Bertz CT molecular complexity index is 3480. The summed E-state index contributed by atoms with van der Waals surface area (Å²) < 4.78 is 5.80. The first-order valence-corrected chi connectivity index (χ1v) is 19.5. The van der Waals surface area contributed by atoms with Crippen LogP contribution in [-0.4, -0.2) is 19.1 Å². The smallest absolute Gasteiger partial charge is 0.235 e. The first-order valence-electron chi connectivity index (χ1n) is 18.6. The summed E-state index contributed by atoms with van der Waals surface area (Å²) in [5, 5.41) is 11.8. The first-order chi connectivity index (χ1) is 27.3. The van der Waals surface area contributed by atoms with Gasteiger partial charge in [0, 0.05) is 38.2 Å². The number of benzene rings is 8. The number of aromatic nitrogens is 4. The Morgan fingerprint density at radius 1 is 0.436 bits per heavy atom. The second kappa shape index (κ2) is 11.7. The van der Waals surface area contributed by atoms with Crippen LogP contribution in [0.3, 0.4) is 0 Å². The molecular weight excluding hydrogens is 689 g/mol. The fourth-order valence-electron chi connectivity index (χ4n) is 8.82. The third kappa shape index (κ3) is 4.45. The largest absolute Gasteiger partial charge is 0.309 e. The van der Waals surface area contributed by atoms with E-state index in [9.17, 15) is 0 Å². The molecule has 0 atom stereocenters. The van der Waals surface area contributed by atoms with Gasteiger partial charge in [-0.2, -0.15) is 0 Å². The number of hydrogen-bond donors (Lipinski definition) is 0. The molecule has 0 unspecified atom stereocenters. The van der Waals surface area contributed by atoms with Gasteiger partial charge in [0.25, 0.3) is 0 Å². The fourth-order valence-corrected chi connectivity index (χ4v) is 9.67. The molecule has 8 aromatic carbocycles. The van der Waals surface area contributed by atoms with Crippen LogP contribution in [0.1, 0.15) is 0 Å². The minimum atomic E-state index is 0.674. The molecule has 0 saturated carbocycles. The van der Waals surface area contributed by atoms with E-state index in [-0.39, 0.29) is 0 Å². The highest BCUT2D eigenvalue weighted by molar-refractivity contribution is 7.17. The Morgan fingerprint density at radius 2 is 1.15 bits per heavy atom. The van der Waals surface area contributed by atoms with Crippen molar-refractivity contribution < 1.29 is 0 Å². The molecule has 4 nitrogen and oxygen atoms in total. The summed E-state index contributed by atoms with van der Waals surface area (Å²) in [4.78, 5) is 10.6. The van der Waals surface area contributed by atoms with Crippen molar-refractivity contribution in [1.29, 1.82) is 0 Å². The number of fused-ring (bicyclic) bond motifs is 11. The average Bonchev–Trinajstić information content (AvgIpc) is 3.96. The van der Waals surface area contributed by atoms with Crippen molar-refractivity contribution in [2.45, 2.75) is 0 Å². The summed E-state index contributed by atoms with van der Waals surface area (Å²) in [7, 11) is 0. The first kappa shape index (κ1) is 30.4. The van der Waals surface area contributed by atoms with Crippen LogP contribution in [0.15, 0.2) is 181 Å². The summed E-state index contributed by atoms with van der Waals surface area (Å²) >= 11 is 1.69. The second-order valence-corrected chi connectivity index (χ2v) is 15.1. The number of nitrogens with zero attached hydrogens (tertiary/aromatic N) is 4. The molecule has 0 spiro atoms. The van der Waals surface area contributed by atoms with E-state index >= 15 is 0 Å². The predicted octanol–water partition coefficient (Wildman–Crippen LogP) is 13.5. The van der Waals surface area contributed by atoms with Gasteiger partial charge < -0.3 is 4.57 Å². The molecule has 0 aliphatic heterocycles. The van der Waals surface area contributed by atoms with Gasteiger partial charge in [0.05, 0.1) is 38.0 Å². The normalized spacial score (nSPS) is 12.0. The van der Waals surface area contributed by atoms with E-state index in [1.54, 1.807) is 11.3 Å². The molecule has 0 radical (unpaired) electrons. The van der Waals surface area contributed by atoms with Crippen LogP contribution in [0.2, 0.25) is 0 Å². The summed E-state index contributed by atoms with van der Waals surface area (Å²) in [6, 6.07) is 63.5. The molecule has 256 valence electrons. The highest BCUT2D eigenvalue weighted by atomic mass is 32.1. The van der Waals surface area contributed by atoms with Crippen LogP contribution in [0, 0.1) is 0 Å². The minimum absolute atomic E-state index is 0.674. The van der Waals surface area contributed by atoms with Crippen molar-refractivity contribution in [3.05, 3.63) is 181 Å². The van der Waals surface area contributed by atoms with E-state index in [0.717, 1.165) is 38.2 Å². The molecule has 12 rings (SSSR count). The van der Waals surface area contributed by atoms with E-state index in [0.29, 0.717) is 5.95 Å². The van der Waals surface area contributed by atoms with Gasteiger partial charge in [-0.15, -0.1) is 11.3 Å². The Labute approximate surface area is 319 Å². The van der Waals surface area contributed by atoms with Gasteiger partial charge in [-0.1, -0.05) is 133 Å². The van der Waals surface area contributed by atoms with E-state index < -0.39 is 0 Å². The average molecular weight is 719 g/mol. The third-order valence-corrected chi connectivity index (χ3v) is 12.1. The van der Waals surface area contributed by atoms with Crippen LogP contribution >= 0.6 is 11.3 Å². The third-order valence-electron chi connectivity index (χ3n) is 11.2. The van der Waals surface area contributed by atoms with Gasteiger partial charge in [0.2, 0.25) is 5.95 Å². The van der Waals surface area contributed by atoms with Gasteiger partial charge in [0.1, 0.15) is 0 Å². The molecule has 0 N–H and O–H groups in total. The molecule has 0 aliphatic carbocycles. The Balaban J connectivity index is 1.18. The predicted molar refractivity (Wildman–Crippen MR) is 232 cm³/mol. The van der Waals surface area contributed by atoms with E-state index in [1.165, 1.54) is 65.3 Å². The summed E-state index contributed by atoms with van der Waals surface area (Å²) in [5.41, 5.74) is 11.1. The van der Waals surface area contributed by atoms with Crippen molar-refractivity contribution in [2.75, 3.05) is 0 Å². The van der Waals surface area contributed by atoms with Crippen molar-refractivity contribution in [3.63, 3.8) is 0 Å². The Kier molecular flexibility index (Phi) is 6.47. The highest BCUT2D eigenvalue weighted by Crippen LogP contribution is 2.44. The number of para-hydroxylation sites is 1. The topological polar surface area (TPSA) is 35.6 Å². The fraction of sp³-hybridized carbons (Fsp3) is 0. The standard InChI is InChI=1S/C50H30N4S/c1-3-14-33(15-4-1)47-49-41(28-29-55-49)51-50(52-47)54-42-26-24-34(30-40(42)39-25-22-32-13-8-10-19-38(32)48(39)54)37-20-11-21-43-46(37)45-36-18-9-7-12-31(36)23-27-44(45)53(43)35-16-5-2-6-17-35/h1-30H. The zero-order valence-corrected chi connectivity index (χ0v) is 30.3. The molecular formula is C50H30N4S. The molecule has 4 heterocycles. The van der Waals surface area contributed by atoms with Crippen molar-refractivity contribution in [2.24, 2.45) is 0 Å². The molecule has 55 heavy (non-hydrogen) atoms. The van der Waals surface area contributed by atoms with Crippen LogP contribution in [-0.2, 0) is 0 Å². The lowest BCUT2D eigenvalue weighted by Crippen LogP contribution is -2.03. The monoisotopic (exact) mass is 718 g/mol. The van der Waals surface area contributed by atoms with Crippen molar-refractivity contribution in [3.8, 4) is 34.0 Å². The molecule has 12 aromatic rings. The van der Waals surface area contributed by atoms with Crippen LogP contribution in [0.25, 0.3) is 109 Å². The van der Waals surface area contributed by atoms with Crippen molar-refractivity contribution >= 4 is 86.7 Å². The lowest BCUT2D eigenvalue weighted by molar-refractivity contribution is 1.02. The van der Waals surface area contributed by atoms with Gasteiger partial charge in [-0.05, 0) is 75.1 Å². The number of hydrogen-bond acceptors (Lipinski definition) is 3. The SMILES string of the molecule is c1ccc(-c2nc(-n3c4ccc(-c5cccc6c5c5c7ccccc7ccc5n6-c5ccccc5)cc4c4ccc5ccccc5c43)nc3ccsc23)cc1. The Morgan fingerprint density at radius 3 is 2.00 bits per heavy atom. The quantitative estimate of drug-likeness (QED) is 0.182. The van der Waals surface area contributed by atoms with Crippen LogP contribution in [0.5, 0.6) is 0 Å². The molecule has 0 bridgehead atoms. The van der Waals surface area contributed by atoms with Crippen LogP contribution in [0.4, 0.5) is 0 Å². The zero-order chi connectivity index (χ0) is 36.0.